The Morgan fingerprint density at radius 3 is 2.94 bits per heavy atom. The Morgan fingerprint density at radius 1 is 1.35 bits per heavy atom. The van der Waals surface area contributed by atoms with E-state index in [9.17, 15) is 4.79 Å². The lowest BCUT2D eigenvalue weighted by Crippen LogP contribution is -2.28. The molecule has 0 amide bonds. The van der Waals surface area contributed by atoms with Crippen molar-refractivity contribution in [3.63, 3.8) is 0 Å². The van der Waals surface area contributed by atoms with Crippen LogP contribution >= 0.6 is 11.8 Å². The van der Waals surface area contributed by atoms with Crippen molar-refractivity contribution in [3.05, 3.63) is 41.4 Å². The van der Waals surface area contributed by atoms with Crippen LogP contribution in [0.2, 0.25) is 0 Å². The topological polar surface area (TPSA) is 86.3 Å². The summed E-state index contributed by atoms with van der Waals surface area (Å²) in [4.78, 5) is 19.1. The number of hydrogen-bond acceptors (Lipinski definition) is 8. The molecule has 1 saturated heterocycles. The van der Waals surface area contributed by atoms with Crippen LogP contribution in [0.1, 0.15) is 47.8 Å². The molecule has 5 rings (SSSR count). The average molecular weight is 482 g/mol. The van der Waals surface area contributed by atoms with Crippen molar-refractivity contribution in [1.82, 2.24) is 24.6 Å². The Morgan fingerprint density at radius 2 is 2.21 bits per heavy atom. The monoisotopic (exact) mass is 481 g/mol. The highest BCUT2D eigenvalue weighted by Gasteiger charge is 2.60. The molecule has 34 heavy (non-hydrogen) atoms. The van der Waals surface area contributed by atoms with Gasteiger partial charge in [0.2, 0.25) is 5.82 Å². The lowest BCUT2D eigenvalue weighted by molar-refractivity contribution is 0.0985. The molecule has 2 aliphatic rings. The van der Waals surface area contributed by atoms with Crippen molar-refractivity contribution in [1.29, 1.82) is 0 Å². The van der Waals surface area contributed by atoms with E-state index in [0.29, 0.717) is 29.7 Å². The van der Waals surface area contributed by atoms with E-state index in [1.165, 1.54) is 18.4 Å². The first-order valence-corrected chi connectivity index (χ1v) is 12.8. The van der Waals surface area contributed by atoms with Crippen LogP contribution < -0.4 is 4.74 Å². The number of benzene rings is 1. The van der Waals surface area contributed by atoms with Gasteiger partial charge < -0.3 is 18.6 Å². The maximum absolute atomic E-state index is 12.4. The van der Waals surface area contributed by atoms with Gasteiger partial charge in [0.1, 0.15) is 5.75 Å². The summed E-state index contributed by atoms with van der Waals surface area (Å²) < 4.78 is 12.9. The highest BCUT2D eigenvalue weighted by Crippen LogP contribution is 2.59. The molecule has 8 nitrogen and oxygen atoms in total. The second-order valence-corrected chi connectivity index (χ2v) is 10.4. The second kappa shape index (κ2) is 9.19. The number of thioether (sulfide) groups is 1. The fourth-order valence-electron chi connectivity index (χ4n) is 5.24. The molecule has 2 atom stereocenters. The maximum Gasteiger partial charge on any atom is 0.202 e. The number of carbonyl (C=O) groups excluding carboxylic acids is 1. The predicted molar refractivity (Wildman–Crippen MR) is 130 cm³/mol. The molecule has 1 aromatic carbocycles. The molecule has 0 spiro atoms. The lowest BCUT2D eigenvalue weighted by Gasteiger charge is -2.21. The second-order valence-electron chi connectivity index (χ2n) is 9.32. The van der Waals surface area contributed by atoms with Crippen LogP contribution in [-0.2, 0) is 12.5 Å². The molecule has 0 bridgehead atoms. The Kier molecular flexibility index (Phi) is 6.24. The maximum atomic E-state index is 12.4. The van der Waals surface area contributed by atoms with Crippen molar-refractivity contribution >= 4 is 17.5 Å². The number of Topliss-reactive ketones (excluding diaryl/α,β-unsaturated/α-hetero) is 1. The van der Waals surface area contributed by atoms with Crippen molar-refractivity contribution in [2.45, 2.75) is 43.7 Å². The molecule has 3 aromatic rings. The van der Waals surface area contributed by atoms with Crippen LogP contribution in [0.5, 0.6) is 5.75 Å². The van der Waals surface area contributed by atoms with Crippen LogP contribution in [-0.4, -0.2) is 62.9 Å². The first-order valence-electron chi connectivity index (χ1n) is 11.8. The molecule has 180 valence electrons. The molecule has 1 aliphatic heterocycles. The van der Waals surface area contributed by atoms with Crippen molar-refractivity contribution < 1.29 is 13.9 Å². The molecule has 2 fully saturated rings. The average Bonchev–Trinajstić information content (AvgIpc) is 3.13. The highest BCUT2D eigenvalue weighted by molar-refractivity contribution is 7.99. The molecule has 3 heterocycles. The van der Waals surface area contributed by atoms with Crippen molar-refractivity contribution in [2.24, 2.45) is 13.0 Å². The van der Waals surface area contributed by atoms with E-state index in [0.717, 1.165) is 48.2 Å². The number of carbonyl (C=O) groups is 1. The van der Waals surface area contributed by atoms with Gasteiger partial charge in [0, 0.05) is 37.7 Å². The Labute approximate surface area is 204 Å². The Bertz CT molecular complexity index is 1210. The molecule has 1 aliphatic carbocycles. The summed E-state index contributed by atoms with van der Waals surface area (Å²) >= 11 is 1.72. The number of likely N-dealkylation sites (tertiary alicyclic amines) is 1. The molecular weight excluding hydrogens is 450 g/mol. The molecule has 0 radical (unpaired) electrons. The van der Waals surface area contributed by atoms with Gasteiger partial charge in [-0.15, -0.1) is 10.2 Å². The Hall–Kier alpha value is -2.65. The van der Waals surface area contributed by atoms with Crippen LogP contribution in [0, 0.1) is 12.8 Å². The van der Waals surface area contributed by atoms with Gasteiger partial charge in [0.25, 0.3) is 0 Å². The smallest absolute Gasteiger partial charge is 0.202 e. The van der Waals surface area contributed by atoms with Crippen LogP contribution in [0.15, 0.2) is 34.2 Å². The molecule has 0 unspecified atom stereocenters. The van der Waals surface area contributed by atoms with E-state index >= 15 is 0 Å². The third-order valence-corrected chi connectivity index (χ3v) is 8.35. The number of ketones is 1. The highest BCUT2D eigenvalue weighted by atomic mass is 32.2. The third-order valence-electron chi connectivity index (χ3n) is 7.25. The number of hydrogen-bond donors (Lipinski definition) is 0. The first-order chi connectivity index (χ1) is 16.5. The van der Waals surface area contributed by atoms with Gasteiger partial charge in [-0.1, -0.05) is 24.8 Å². The minimum absolute atomic E-state index is 0.143. The largest absolute Gasteiger partial charge is 0.496 e. The van der Waals surface area contributed by atoms with Gasteiger partial charge in [0.15, 0.2) is 23.1 Å². The van der Waals surface area contributed by atoms with Gasteiger partial charge in [-0.3, -0.25) is 4.79 Å². The number of ether oxygens (including phenoxy) is 1. The number of nitrogens with zero attached hydrogens (tertiary/aromatic N) is 5. The van der Waals surface area contributed by atoms with Crippen molar-refractivity contribution in [2.75, 3.05) is 32.5 Å². The molecule has 1 saturated carbocycles. The summed E-state index contributed by atoms with van der Waals surface area (Å²) in [5.74, 6) is 3.87. The zero-order valence-corrected chi connectivity index (χ0v) is 21.0. The number of piperidine rings is 1. The molecular formula is C25H31N5O3S. The third kappa shape index (κ3) is 4.05. The molecule has 0 N–H and O–H groups in total. The normalized spacial score (nSPS) is 21.6. The minimum Gasteiger partial charge on any atom is -0.496 e. The van der Waals surface area contributed by atoms with Gasteiger partial charge in [-0.2, -0.15) is 0 Å². The number of aryl methyl sites for hydroxylation is 1. The summed E-state index contributed by atoms with van der Waals surface area (Å²) in [5.41, 5.74) is 3.04. The number of methoxy groups -OCH3 is 1. The van der Waals surface area contributed by atoms with Crippen LogP contribution in [0.25, 0.3) is 11.6 Å². The fourth-order valence-corrected chi connectivity index (χ4v) is 6.07. The first kappa shape index (κ1) is 23.1. The SMILES string of the molecule is CCC(=O)c1cc([C@@]23C[C@H]2CN(CCCSc2nnc(-c4ocnc4C)n2C)C3)ccc1OC. The van der Waals surface area contributed by atoms with Crippen LogP contribution in [0.3, 0.4) is 0 Å². The van der Waals surface area contributed by atoms with Gasteiger partial charge in [0.05, 0.1) is 18.4 Å². The standard InChI is InChI=1S/C25H31N5O3S/c1-5-20(31)19-11-17(7-8-21(19)32-4)25-12-18(25)13-30(14-25)9-6-10-34-24-28-27-23(29(24)3)22-16(2)26-15-33-22/h7-8,11,15,18H,5-6,9-10,12-14H2,1-4H3/t18-,25-/m0/s1. The van der Waals surface area contributed by atoms with Gasteiger partial charge in [-0.05, 0) is 49.9 Å². The van der Waals surface area contributed by atoms with E-state index in [4.69, 9.17) is 9.15 Å². The van der Waals surface area contributed by atoms with Gasteiger partial charge in [-0.25, -0.2) is 4.98 Å². The lowest BCUT2D eigenvalue weighted by atomic mass is 9.92. The number of rotatable bonds is 10. The summed E-state index contributed by atoms with van der Waals surface area (Å²) in [6, 6.07) is 6.22. The zero-order valence-electron chi connectivity index (χ0n) is 20.2. The molecule has 9 heteroatoms. The van der Waals surface area contributed by atoms with E-state index in [2.05, 4.69) is 32.2 Å². The predicted octanol–water partition coefficient (Wildman–Crippen LogP) is 4.14. The minimum atomic E-state index is 0.143. The fraction of sp³-hybridized carbons (Fsp3) is 0.520. The molecule has 2 aromatic heterocycles. The van der Waals surface area contributed by atoms with E-state index in [1.807, 2.05) is 31.5 Å². The summed E-state index contributed by atoms with van der Waals surface area (Å²) in [6.07, 6.45) is 4.23. The van der Waals surface area contributed by atoms with E-state index in [-0.39, 0.29) is 11.2 Å². The Balaban J connectivity index is 1.16. The quantitative estimate of drug-likeness (QED) is 0.243. The number of fused-ring (bicyclic) bond motifs is 1. The zero-order chi connectivity index (χ0) is 23.9. The van der Waals surface area contributed by atoms with E-state index < -0.39 is 0 Å². The number of oxazole rings is 1. The van der Waals surface area contributed by atoms with Crippen LogP contribution in [0.4, 0.5) is 0 Å². The summed E-state index contributed by atoms with van der Waals surface area (Å²) in [5, 5.41) is 9.51. The summed E-state index contributed by atoms with van der Waals surface area (Å²) in [6.45, 7) is 7.06. The number of aromatic nitrogens is 4. The summed E-state index contributed by atoms with van der Waals surface area (Å²) in [7, 11) is 3.59. The van der Waals surface area contributed by atoms with Gasteiger partial charge >= 0.3 is 0 Å². The van der Waals surface area contributed by atoms with Crippen molar-refractivity contribution in [3.8, 4) is 17.3 Å². The van der Waals surface area contributed by atoms with E-state index in [1.54, 1.807) is 18.9 Å².